The highest BCUT2D eigenvalue weighted by molar-refractivity contribution is 6.32. The van der Waals surface area contributed by atoms with Crippen LogP contribution in [0, 0.1) is 5.82 Å². The predicted octanol–water partition coefficient (Wildman–Crippen LogP) is 4.70. The molecule has 0 amide bonds. The maximum atomic E-state index is 14.6. The second-order valence-electron chi connectivity index (χ2n) is 6.45. The third-order valence-corrected chi connectivity index (χ3v) is 4.57. The molecule has 2 aromatic carbocycles. The molecule has 1 aromatic heterocycles. The molecular weight excluding hydrogens is 456 g/mol. The van der Waals surface area contributed by atoms with Crippen molar-refractivity contribution in [3.8, 4) is 22.9 Å². The van der Waals surface area contributed by atoms with Crippen LogP contribution in [-0.2, 0) is 13.2 Å². The van der Waals surface area contributed by atoms with Crippen LogP contribution in [0.15, 0.2) is 64.7 Å². The summed E-state index contributed by atoms with van der Waals surface area (Å²) >= 11 is 6.01. The molecule has 6 nitrogen and oxygen atoms in total. The van der Waals surface area contributed by atoms with Crippen molar-refractivity contribution in [3.63, 3.8) is 0 Å². The maximum absolute atomic E-state index is 14.6. The van der Waals surface area contributed by atoms with E-state index < -0.39 is 34.6 Å². The van der Waals surface area contributed by atoms with Crippen molar-refractivity contribution in [2.24, 2.45) is 7.05 Å². The van der Waals surface area contributed by atoms with Crippen molar-refractivity contribution < 1.29 is 27.0 Å². The largest absolute Gasteiger partial charge is 0.490 e. The smallest absolute Gasteiger partial charge is 0.431 e. The standard InChI is InChI=1S/C21H15ClF4N2O4/c1-3-8-31-12-4-6-13(7-5-12)32-17-10-16(15(23)9-14(17)22)28-19(29)11-18(21(24,25)26)27(2)20(28)30/h3-7,9-11H,1,8H2,2H3. The van der Waals surface area contributed by atoms with E-state index in [1.165, 1.54) is 12.1 Å². The molecule has 0 aliphatic carbocycles. The number of alkyl halides is 3. The fraction of sp³-hybridized carbons (Fsp3) is 0.143. The van der Waals surface area contributed by atoms with E-state index in [1.54, 1.807) is 18.2 Å². The highest BCUT2D eigenvalue weighted by Gasteiger charge is 2.35. The van der Waals surface area contributed by atoms with Crippen molar-refractivity contribution in [1.82, 2.24) is 9.13 Å². The maximum Gasteiger partial charge on any atom is 0.431 e. The summed E-state index contributed by atoms with van der Waals surface area (Å²) in [5.41, 5.74) is -4.83. The zero-order chi connectivity index (χ0) is 23.6. The van der Waals surface area contributed by atoms with Crippen molar-refractivity contribution >= 4 is 11.6 Å². The number of hydrogen-bond donors (Lipinski definition) is 0. The van der Waals surface area contributed by atoms with E-state index in [0.29, 0.717) is 12.4 Å². The Morgan fingerprint density at radius 1 is 1.09 bits per heavy atom. The molecule has 0 saturated heterocycles. The Labute approximate surface area is 183 Å². The van der Waals surface area contributed by atoms with Gasteiger partial charge < -0.3 is 9.47 Å². The van der Waals surface area contributed by atoms with Crippen LogP contribution in [0.2, 0.25) is 5.02 Å². The third kappa shape index (κ3) is 4.70. The van der Waals surface area contributed by atoms with Gasteiger partial charge in [0.25, 0.3) is 5.56 Å². The van der Waals surface area contributed by atoms with E-state index in [2.05, 4.69) is 6.58 Å². The van der Waals surface area contributed by atoms with Crippen LogP contribution in [0.4, 0.5) is 17.6 Å². The number of rotatable bonds is 6. The minimum Gasteiger partial charge on any atom is -0.490 e. The first-order chi connectivity index (χ1) is 15.0. The minimum atomic E-state index is -4.94. The quantitative estimate of drug-likeness (QED) is 0.387. The molecule has 11 heteroatoms. The van der Waals surface area contributed by atoms with Crippen molar-refractivity contribution in [3.05, 3.63) is 92.5 Å². The Morgan fingerprint density at radius 3 is 2.31 bits per heavy atom. The van der Waals surface area contributed by atoms with E-state index in [-0.39, 0.29) is 31.7 Å². The third-order valence-electron chi connectivity index (χ3n) is 4.27. The molecule has 0 bridgehead atoms. The van der Waals surface area contributed by atoms with Crippen molar-refractivity contribution in [2.45, 2.75) is 6.18 Å². The van der Waals surface area contributed by atoms with Gasteiger partial charge in [0.15, 0.2) is 0 Å². The van der Waals surface area contributed by atoms with Gasteiger partial charge >= 0.3 is 11.9 Å². The second-order valence-corrected chi connectivity index (χ2v) is 6.86. The van der Waals surface area contributed by atoms with Gasteiger partial charge in [0.1, 0.15) is 35.4 Å². The SMILES string of the molecule is C=CCOc1ccc(Oc2cc(-n3c(=O)cc(C(F)(F)F)n(C)c3=O)c(F)cc2Cl)cc1. The molecule has 1 heterocycles. The number of hydrogen-bond acceptors (Lipinski definition) is 4. The molecule has 0 N–H and O–H groups in total. The fourth-order valence-corrected chi connectivity index (χ4v) is 2.96. The summed E-state index contributed by atoms with van der Waals surface area (Å²) in [6, 6.07) is 8.19. The van der Waals surface area contributed by atoms with Crippen LogP contribution < -0.4 is 20.7 Å². The average Bonchev–Trinajstić information content (AvgIpc) is 2.72. The highest BCUT2D eigenvalue weighted by Crippen LogP contribution is 2.33. The van der Waals surface area contributed by atoms with Crippen LogP contribution in [0.3, 0.4) is 0 Å². The van der Waals surface area contributed by atoms with Gasteiger partial charge in [0, 0.05) is 19.2 Å². The van der Waals surface area contributed by atoms with Crippen LogP contribution >= 0.6 is 11.6 Å². The molecule has 0 unspecified atom stereocenters. The average molecular weight is 471 g/mol. The van der Waals surface area contributed by atoms with Gasteiger partial charge in [0.05, 0.1) is 10.7 Å². The van der Waals surface area contributed by atoms with Gasteiger partial charge in [-0.1, -0.05) is 24.3 Å². The number of ether oxygens (including phenoxy) is 2. The van der Waals surface area contributed by atoms with E-state index in [9.17, 15) is 27.2 Å². The molecular formula is C21H15ClF4N2O4. The lowest BCUT2D eigenvalue weighted by molar-refractivity contribution is -0.144. The number of benzene rings is 2. The van der Waals surface area contributed by atoms with Gasteiger partial charge in [0.2, 0.25) is 0 Å². The normalized spacial score (nSPS) is 11.3. The topological polar surface area (TPSA) is 62.5 Å². The molecule has 3 rings (SSSR count). The Balaban J connectivity index is 2.05. The summed E-state index contributed by atoms with van der Waals surface area (Å²) in [5.74, 6) is -0.433. The van der Waals surface area contributed by atoms with E-state index in [1.807, 2.05) is 0 Å². The Bertz CT molecular complexity index is 1280. The Morgan fingerprint density at radius 2 is 1.72 bits per heavy atom. The van der Waals surface area contributed by atoms with Gasteiger partial charge in [-0.05, 0) is 30.3 Å². The summed E-state index contributed by atoms with van der Waals surface area (Å²) in [7, 11) is 0.822. The molecule has 0 aliphatic heterocycles. The van der Waals surface area contributed by atoms with Crippen LogP contribution in [0.25, 0.3) is 5.69 Å². The minimum absolute atomic E-state index is 0.128. The predicted molar refractivity (Wildman–Crippen MR) is 109 cm³/mol. The lowest BCUT2D eigenvalue weighted by atomic mass is 10.2. The summed E-state index contributed by atoms with van der Waals surface area (Å²) in [6.45, 7) is 3.83. The lowest BCUT2D eigenvalue weighted by Crippen LogP contribution is -2.41. The van der Waals surface area contributed by atoms with Gasteiger partial charge in [-0.25, -0.2) is 13.8 Å². The number of halogens is 5. The summed E-state index contributed by atoms with van der Waals surface area (Å²) in [5, 5.41) is -0.185. The zero-order valence-electron chi connectivity index (χ0n) is 16.5. The molecule has 0 aliphatic rings. The van der Waals surface area contributed by atoms with Gasteiger partial charge in [-0.15, -0.1) is 0 Å². The van der Waals surface area contributed by atoms with E-state index in [0.717, 1.165) is 19.2 Å². The van der Waals surface area contributed by atoms with Crippen LogP contribution in [-0.4, -0.2) is 15.7 Å². The van der Waals surface area contributed by atoms with Crippen LogP contribution in [0.5, 0.6) is 17.2 Å². The van der Waals surface area contributed by atoms with Crippen molar-refractivity contribution in [1.29, 1.82) is 0 Å². The summed E-state index contributed by atoms with van der Waals surface area (Å²) in [6.07, 6.45) is -3.38. The van der Waals surface area contributed by atoms with Gasteiger partial charge in [-0.3, -0.25) is 9.36 Å². The van der Waals surface area contributed by atoms with Crippen molar-refractivity contribution in [2.75, 3.05) is 6.61 Å². The molecule has 3 aromatic rings. The van der Waals surface area contributed by atoms with E-state index >= 15 is 0 Å². The van der Waals surface area contributed by atoms with Gasteiger partial charge in [-0.2, -0.15) is 13.2 Å². The number of aromatic nitrogens is 2. The molecule has 168 valence electrons. The first kappa shape index (κ1) is 23.1. The fourth-order valence-electron chi connectivity index (χ4n) is 2.77. The summed E-state index contributed by atoms with van der Waals surface area (Å²) in [4.78, 5) is 24.7. The first-order valence-electron chi connectivity index (χ1n) is 8.94. The Hall–Kier alpha value is -3.53. The Kier molecular flexibility index (Phi) is 6.45. The van der Waals surface area contributed by atoms with E-state index in [4.69, 9.17) is 21.1 Å². The molecule has 0 saturated carbocycles. The summed E-state index contributed by atoms with van der Waals surface area (Å²) < 4.78 is 65.1. The monoisotopic (exact) mass is 470 g/mol. The zero-order valence-corrected chi connectivity index (χ0v) is 17.2. The molecule has 0 radical (unpaired) electrons. The molecule has 32 heavy (non-hydrogen) atoms. The molecule has 0 fully saturated rings. The van der Waals surface area contributed by atoms with Crippen LogP contribution in [0.1, 0.15) is 5.69 Å². The number of nitrogens with zero attached hydrogens (tertiary/aromatic N) is 2. The first-order valence-corrected chi connectivity index (χ1v) is 9.32. The lowest BCUT2D eigenvalue weighted by Gasteiger charge is -2.15. The molecule has 0 spiro atoms. The highest BCUT2D eigenvalue weighted by atomic mass is 35.5. The second kappa shape index (κ2) is 8.91. The molecule has 0 atom stereocenters.